The molecule has 0 bridgehead atoms. The SMILES string of the molecule is CCn1cc(-c2cncc(C3CCN(S(=O)(=O)N(C)C)CC3)n2)cn1. The topological polar surface area (TPSA) is 84.2 Å². The van der Waals surface area contributed by atoms with E-state index in [4.69, 9.17) is 4.98 Å². The van der Waals surface area contributed by atoms with Crippen molar-refractivity contribution in [2.45, 2.75) is 32.2 Å². The molecule has 0 aliphatic carbocycles. The highest BCUT2D eigenvalue weighted by atomic mass is 32.2. The Morgan fingerprint density at radius 3 is 2.52 bits per heavy atom. The molecule has 0 spiro atoms. The quantitative estimate of drug-likeness (QED) is 0.799. The second kappa shape index (κ2) is 7.19. The Morgan fingerprint density at radius 1 is 1.20 bits per heavy atom. The summed E-state index contributed by atoms with van der Waals surface area (Å²) < 4.78 is 29.1. The van der Waals surface area contributed by atoms with Crippen LogP contribution in [0.25, 0.3) is 11.3 Å². The predicted molar refractivity (Wildman–Crippen MR) is 95.1 cm³/mol. The summed E-state index contributed by atoms with van der Waals surface area (Å²) in [4.78, 5) is 9.07. The molecule has 2 aromatic rings. The average molecular weight is 364 g/mol. The van der Waals surface area contributed by atoms with Crippen LogP contribution < -0.4 is 0 Å². The van der Waals surface area contributed by atoms with Crippen molar-refractivity contribution in [2.24, 2.45) is 0 Å². The molecule has 3 heterocycles. The van der Waals surface area contributed by atoms with Gasteiger partial charge in [-0.25, -0.2) is 4.98 Å². The van der Waals surface area contributed by atoms with Crippen LogP contribution in [0.3, 0.4) is 0 Å². The molecule has 0 amide bonds. The van der Waals surface area contributed by atoms with Gasteiger partial charge in [-0.15, -0.1) is 0 Å². The van der Waals surface area contributed by atoms with Crippen LogP contribution >= 0.6 is 0 Å². The smallest absolute Gasteiger partial charge is 0.272 e. The van der Waals surface area contributed by atoms with Gasteiger partial charge in [0.2, 0.25) is 0 Å². The number of piperidine rings is 1. The fraction of sp³-hybridized carbons (Fsp3) is 0.562. The van der Waals surface area contributed by atoms with Crippen molar-refractivity contribution >= 4 is 10.2 Å². The maximum Gasteiger partial charge on any atom is 0.281 e. The van der Waals surface area contributed by atoms with Crippen LogP contribution in [0.4, 0.5) is 0 Å². The number of rotatable bonds is 5. The summed E-state index contributed by atoms with van der Waals surface area (Å²) in [6, 6.07) is 0. The summed E-state index contributed by atoms with van der Waals surface area (Å²) in [7, 11) is -0.213. The first-order chi connectivity index (χ1) is 11.9. The summed E-state index contributed by atoms with van der Waals surface area (Å²) in [5.41, 5.74) is 2.67. The lowest BCUT2D eigenvalue weighted by Crippen LogP contribution is -2.44. The average Bonchev–Trinajstić information content (AvgIpc) is 3.11. The van der Waals surface area contributed by atoms with Crippen molar-refractivity contribution in [2.75, 3.05) is 27.2 Å². The van der Waals surface area contributed by atoms with Gasteiger partial charge in [0.1, 0.15) is 0 Å². The Balaban J connectivity index is 1.73. The molecule has 2 aromatic heterocycles. The Hall–Kier alpha value is -1.84. The number of aromatic nitrogens is 4. The molecule has 1 fully saturated rings. The lowest BCUT2D eigenvalue weighted by molar-refractivity contribution is 0.300. The Bertz CT molecular complexity index is 825. The minimum atomic E-state index is -3.34. The summed E-state index contributed by atoms with van der Waals surface area (Å²) >= 11 is 0. The van der Waals surface area contributed by atoms with E-state index in [1.807, 2.05) is 17.8 Å². The lowest BCUT2D eigenvalue weighted by Gasteiger charge is -2.32. The van der Waals surface area contributed by atoms with Crippen molar-refractivity contribution in [3.05, 3.63) is 30.5 Å². The summed E-state index contributed by atoms with van der Waals surface area (Å²) in [6.45, 7) is 3.86. The van der Waals surface area contributed by atoms with Crippen LogP contribution in [0.5, 0.6) is 0 Å². The zero-order chi connectivity index (χ0) is 18.0. The highest BCUT2D eigenvalue weighted by molar-refractivity contribution is 7.86. The van der Waals surface area contributed by atoms with E-state index in [0.29, 0.717) is 13.1 Å². The van der Waals surface area contributed by atoms with Crippen LogP contribution in [0, 0.1) is 0 Å². The molecule has 1 aliphatic heterocycles. The van der Waals surface area contributed by atoms with Gasteiger partial charge in [-0.1, -0.05) is 0 Å². The summed E-state index contributed by atoms with van der Waals surface area (Å²) in [5.74, 6) is 0.224. The Labute approximate surface area is 148 Å². The number of hydrogen-bond acceptors (Lipinski definition) is 5. The molecule has 9 heteroatoms. The highest BCUT2D eigenvalue weighted by Gasteiger charge is 2.30. The van der Waals surface area contributed by atoms with E-state index < -0.39 is 10.2 Å². The molecule has 0 radical (unpaired) electrons. The van der Waals surface area contributed by atoms with Crippen LogP contribution in [0.2, 0.25) is 0 Å². The second-order valence-electron chi connectivity index (χ2n) is 6.38. The molecule has 8 nitrogen and oxygen atoms in total. The molecule has 0 aromatic carbocycles. The first-order valence-electron chi connectivity index (χ1n) is 8.44. The van der Waals surface area contributed by atoms with Gasteiger partial charge in [-0.05, 0) is 19.8 Å². The molecule has 3 rings (SSSR count). The van der Waals surface area contributed by atoms with Crippen molar-refractivity contribution in [3.63, 3.8) is 0 Å². The van der Waals surface area contributed by atoms with Crippen LogP contribution in [0.15, 0.2) is 24.8 Å². The monoisotopic (exact) mass is 364 g/mol. The highest BCUT2D eigenvalue weighted by Crippen LogP contribution is 2.29. The van der Waals surface area contributed by atoms with Crippen LogP contribution in [-0.4, -0.2) is 64.0 Å². The van der Waals surface area contributed by atoms with E-state index in [2.05, 4.69) is 10.1 Å². The normalized spacial score (nSPS) is 17.3. The number of aryl methyl sites for hydroxylation is 1. The number of nitrogens with zero attached hydrogens (tertiary/aromatic N) is 6. The molecule has 25 heavy (non-hydrogen) atoms. The first-order valence-corrected chi connectivity index (χ1v) is 9.84. The van der Waals surface area contributed by atoms with Crippen molar-refractivity contribution in [3.8, 4) is 11.3 Å². The summed E-state index contributed by atoms with van der Waals surface area (Å²) in [5, 5.41) is 4.28. The van der Waals surface area contributed by atoms with Gasteiger partial charge in [0.05, 0.1) is 23.8 Å². The van der Waals surface area contributed by atoms with Gasteiger partial charge < -0.3 is 0 Å². The maximum atomic E-state index is 12.2. The zero-order valence-corrected chi connectivity index (χ0v) is 15.6. The third kappa shape index (κ3) is 3.73. The van der Waals surface area contributed by atoms with Gasteiger partial charge >= 0.3 is 0 Å². The van der Waals surface area contributed by atoms with E-state index in [9.17, 15) is 8.42 Å². The van der Waals surface area contributed by atoms with Gasteiger partial charge in [0.25, 0.3) is 10.2 Å². The summed E-state index contributed by atoms with van der Waals surface area (Å²) in [6.07, 6.45) is 8.78. The maximum absolute atomic E-state index is 12.2. The van der Waals surface area contributed by atoms with Crippen molar-refractivity contribution in [1.82, 2.24) is 28.4 Å². The lowest BCUT2D eigenvalue weighted by atomic mass is 9.95. The van der Waals surface area contributed by atoms with Crippen molar-refractivity contribution < 1.29 is 8.42 Å². The molecule has 0 atom stereocenters. The molecule has 1 saturated heterocycles. The zero-order valence-electron chi connectivity index (χ0n) is 14.8. The predicted octanol–water partition coefficient (Wildman–Crippen LogP) is 1.35. The third-order valence-corrected chi connectivity index (χ3v) is 6.51. The minimum absolute atomic E-state index is 0.224. The van der Waals surface area contributed by atoms with Gasteiger partial charge in [-0.2, -0.15) is 22.1 Å². The van der Waals surface area contributed by atoms with Gasteiger partial charge in [0, 0.05) is 57.6 Å². The third-order valence-electron chi connectivity index (χ3n) is 4.57. The fourth-order valence-electron chi connectivity index (χ4n) is 3.00. The largest absolute Gasteiger partial charge is 0.281 e. The molecule has 136 valence electrons. The molecular formula is C16H24N6O2S. The minimum Gasteiger partial charge on any atom is -0.272 e. The van der Waals surface area contributed by atoms with E-state index in [1.165, 1.54) is 8.61 Å². The number of hydrogen-bond donors (Lipinski definition) is 0. The fourth-order valence-corrected chi connectivity index (χ4v) is 4.13. The molecular weight excluding hydrogens is 340 g/mol. The van der Waals surface area contributed by atoms with E-state index >= 15 is 0 Å². The molecule has 1 aliphatic rings. The molecule has 0 unspecified atom stereocenters. The van der Waals surface area contributed by atoms with E-state index in [0.717, 1.165) is 36.3 Å². The van der Waals surface area contributed by atoms with E-state index in [-0.39, 0.29) is 5.92 Å². The molecule has 0 saturated carbocycles. The van der Waals surface area contributed by atoms with Crippen LogP contribution in [-0.2, 0) is 16.8 Å². The Morgan fingerprint density at radius 2 is 1.92 bits per heavy atom. The molecule has 0 N–H and O–H groups in total. The van der Waals surface area contributed by atoms with Crippen molar-refractivity contribution in [1.29, 1.82) is 0 Å². The Kier molecular flexibility index (Phi) is 5.16. The van der Waals surface area contributed by atoms with Crippen LogP contribution in [0.1, 0.15) is 31.4 Å². The second-order valence-corrected chi connectivity index (χ2v) is 8.52. The first kappa shape index (κ1) is 18.0. The standard InChI is InChI=1S/C16H24N6O2S/c1-4-21-12-14(9-18-21)16-11-17-10-15(19-16)13-5-7-22(8-6-13)25(23,24)20(2)3/h9-13H,4-8H2,1-3H3. The van der Waals surface area contributed by atoms with E-state index in [1.54, 1.807) is 32.7 Å². The van der Waals surface area contributed by atoms with Gasteiger partial charge in [0.15, 0.2) is 0 Å². The van der Waals surface area contributed by atoms with Gasteiger partial charge in [-0.3, -0.25) is 9.67 Å².